The standard InChI is InChI=1S/C21H18FN3O6/c1-30-19(27)12-31-14-8-6-13(7-9-14)10-17-20(28)25(21(29)24-17)11-18(26)23-16-5-3-2-4-15(16)22/h2-10H,11-12H2,1H3,(H,23,26)(H,24,29)/b17-10+. The van der Waals surface area contributed by atoms with Gasteiger partial charge in [-0.05, 0) is 35.9 Å². The molecular weight excluding hydrogens is 409 g/mol. The summed E-state index contributed by atoms with van der Waals surface area (Å²) < 4.78 is 23.3. The number of anilines is 1. The number of halogens is 1. The normalized spacial score (nSPS) is 14.4. The molecule has 0 atom stereocenters. The summed E-state index contributed by atoms with van der Waals surface area (Å²) in [6, 6.07) is 11.2. The molecule has 0 aliphatic carbocycles. The number of esters is 1. The highest BCUT2D eigenvalue weighted by molar-refractivity contribution is 6.15. The molecule has 31 heavy (non-hydrogen) atoms. The summed E-state index contributed by atoms with van der Waals surface area (Å²) in [4.78, 5) is 48.5. The van der Waals surface area contributed by atoms with E-state index in [0.717, 1.165) is 4.90 Å². The second-order valence-corrected chi connectivity index (χ2v) is 6.34. The molecule has 1 aliphatic rings. The number of carbonyl (C=O) groups excluding carboxylic acids is 4. The lowest BCUT2D eigenvalue weighted by atomic mass is 10.2. The van der Waals surface area contributed by atoms with Crippen LogP contribution in [0.15, 0.2) is 54.2 Å². The fourth-order valence-corrected chi connectivity index (χ4v) is 2.64. The van der Waals surface area contributed by atoms with E-state index in [1.54, 1.807) is 30.3 Å². The molecule has 0 aromatic heterocycles. The summed E-state index contributed by atoms with van der Waals surface area (Å²) in [7, 11) is 1.25. The molecule has 0 unspecified atom stereocenters. The average molecular weight is 427 g/mol. The first kappa shape index (κ1) is 21.5. The van der Waals surface area contributed by atoms with Crippen LogP contribution in [0.25, 0.3) is 6.08 Å². The third kappa shape index (κ3) is 5.44. The number of imide groups is 1. The van der Waals surface area contributed by atoms with E-state index < -0.39 is 36.2 Å². The minimum Gasteiger partial charge on any atom is -0.482 e. The van der Waals surface area contributed by atoms with Gasteiger partial charge in [0.05, 0.1) is 12.8 Å². The van der Waals surface area contributed by atoms with Gasteiger partial charge in [-0.1, -0.05) is 24.3 Å². The third-order valence-corrected chi connectivity index (χ3v) is 4.19. The smallest absolute Gasteiger partial charge is 0.343 e. The van der Waals surface area contributed by atoms with Crippen molar-refractivity contribution in [3.8, 4) is 5.75 Å². The van der Waals surface area contributed by atoms with Crippen LogP contribution in [0.1, 0.15) is 5.56 Å². The monoisotopic (exact) mass is 427 g/mol. The average Bonchev–Trinajstić information content (AvgIpc) is 3.02. The lowest BCUT2D eigenvalue weighted by Crippen LogP contribution is -2.38. The van der Waals surface area contributed by atoms with Crippen LogP contribution < -0.4 is 15.4 Å². The summed E-state index contributed by atoms with van der Waals surface area (Å²) in [6.45, 7) is -0.813. The summed E-state index contributed by atoms with van der Waals surface area (Å²) in [6.07, 6.45) is 1.43. The minimum absolute atomic E-state index is 0.0214. The lowest BCUT2D eigenvalue weighted by molar-refractivity contribution is -0.142. The van der Waals surface area contributed by atoms with Crippen LogP contribution in [-0.2, 0) is 19.1 Å². The largest absolute Gasteiger partial charge is 0.482 e. The van der Waals surface area contributed by atoms with E-state index in [9.17, 15) is 23.6 Å². The van der Waals surface area contributed by atoms with Gasteiger partial charge in [0, 0.05) is 0 Å². The van der Waals surface area contributed by atoms with Gasteiger partial charge in [-0.25, -0.2) is 18.9 Å². The fraction of sp³-hybridized carbons (Fsp3) is 0.143. The van der Waals surface area contributed by atoms with E-state index in [1.807, 2.05) is 0 Å². The summed E-state index contributed by atoms with van der Waals surface area (Å²) in [5.41, 5.74) is 0.503. The predicted octanol–water partition coefficient (Wildman–Crippen LogP) is 1.91. The van der Waals surface area contributed by atoms with Crippen molar-refractivity contribution in [3.63, 3.8) is 0 Å². The number of rotatable bonds is 7. The van der Waals surface area contributed by atoms with E-state index >= 15 is 0 Å². The molecule has 2 aromatic carbocycles. The van der Waals surface area contributed by atoms with E-state index in [-0.39, 0.29) is 18.0 Å². The number of benzene rings is 2. The van der Waals surface area contributed by atoms with Crippen LogP contribution >= 0.6 is 0 Å². The molecule has 10 heteroatoms. The zero-order valence-electron chi connectivity index (χ0n) is 16.4. The molecule has 1 aliphatic heterocycles. The molecule has 0 spiro atoms. The number of nitrogens with one attached hydrogen (secondary N) is 2. The van der Waals surface area contributed by atoms with Gasteiger partial charge in [-0.2, -0.15) is 0 Å². The Balaban J connectivity index is 1.62. The van der Waals surface area contributed by atoms with E-state index in [0.29, 0.717) is 11.3 Å². The molecule has 3 rings (SSSR count). The van der Waals surface area contributed by atoms with Crippen molar-refractivity contribution >= 4 is 35.6 Å². The maximum Gasteiger partial charge on any atom is 0.343 e. The number of ether oxygens (including phenoxy) is 2. The molecule has 0 saturated carbocycles. The molecule has 0 bridgehead atoms. The molecule has 160 valence electrons. The zero-order valence-corrected chi connectivity index (χ0v) is 16.4. The van der Waals surface area contributed by atoms with Crippen molar-refractivity contribution in [2.24, 2.45) is 0 Å². The second-order valence-electron chi connectivity index (χ2n) is 6.34. The minimum atomic E-state index is -0.766. The number of urea groups is 1. The quantitative estimate of drug-likeness (QED) is 0.396. The summed E-state index contributed by atoms with van der Waals surface area (Å²) in [5, 5.41) is 4.72. The predicted molar refractivity (Wildman–Crippen MR) is 107 cm³/mol. The van der Waals surface area contributed by atoms with E-state index in [1.165, 1.54) is 31.4 Å². The van der Waals surface area contributed by atoms with E-state index in [4.69, 9.17) is 4.74 Å². The number of carbonyl (C=O) groups is 4. The lowest BCUT2D eigenvalue weighted by Gasteiger charge is -2.12. The van der Waals surface area contributed by atoms with Crippen LogP contribution in [0.4, 0.5) is 14.9 Å². The van der Waals surface area contributed by atoms with Crippen molar-refractivity contribution in [2.75, 3.05) is 25.6 Å². The summed E-state index contributed by atoms with van der Waals surface area (Å²) >= 11 is 0. The topological polar surface area (TPSA) is 114 Å². The first-order valence-corrected chi connectivity index (χ1v) is 9.06. The first-order valence-electron chi connectivity index (χ1n) is 9.06. The van der Waals surface area contributed by atoms with Gasteiger partial charge in [0.25, 0.3) is 5.91 Å². The number of amides is 4. The number of methoxy groups -OCH3 is 1. The Labute approximate surface area is 176 Å². The highest BCUT2D eigenvalue weighted by Crippen LogP contribution is 2.18. The Hall–Kier alpha value is -4.21. The zero-order chi connectivity index (χ0) is 22.4. The van der Waals surface area contributed by atoms with E-state index in [2.05, 4.69) is 15.4 Å². The summed E-state index contributed by atoms with van der Waals surface area (Å²) in [5.74, 6) is -2.15. The fourth-order valence-electron chi connectivity index (χ4n) is 2.64. The Morgan fingerprint density at radius 1 is 1.13 bits per heavy atom. The van der Waals surface area contributed by atoms with Gasteiger partial charge in [0.2, 0.25) is 5.91 Å². The van der Waals surface area contributed by atoms with Gasteiger partial charge < -0.3 is 20.1 Å². The number of hydrogen-bond donors (Lipinski definition) is 2. The van der Waals surface area contributed by atoms with Crippen molar-refractivity contribution in [1.29, 1.82) is 0 Å². The number of nitrogens with zero attached hydrogens (tertiary/aromatic N) is 1. The maximum atomic E-state index is 13.6. The molecule has 1 fully saturated rings. The second kappa shape index (κ2) is 9.53. The van der Waals surface area contributed by atoms with Crippen LogP contribution in [0, 0.1) is 5.82 Å². The third-order valence-electron chi connectivity index (χ3n) is 4.19. The van der Waals surface area contributed by atoms with Gasteiger partial charge in [-0.3, -0.25) is 9.59 Å². The molecule has 2 N–H and O–H groups in total. The van der Waals surface area contributed by atoms with Crippen molar-refractivity contribution in [1.82, 2.24) is 10.2 Å². The Morgan fingerprint density at radius 2 is 1.84 bits per heavy atom. The van der Waals surface area contributed by atoms with Crippen LogP contribution in [0.2, 0.25) is 0 Å². The van der Waals surface area contributed by atoms with Crippen molar-refractivity contribution < 1.29 is 33.0 Å². The van der Waals surface area contributed by atoms with Gasteiger partial charge >= 0.3 is 12.0 Å². The Kier molecular flexibility index (Phi) is 6.61. The molecule has 9 nitrogen and oxygen atoms in total. The van der Waals surface area contributed by atoms with Gasteiger partial charge in [0.15, 0.2) is 6.61 Å². The Morgan fingerprint density at radius 3 is 2.52 bits per heavy atom. The molecule has 0 radical (unpaired) electrons. The Bertz CT molecular complexity index is 1050. The van der Waals surface area contributed by atoms with Gasteiger partial charge in [0.1, 0.15) is 23.8 Å². The SMILES string of the molecule is COC(=O)COc1ccc(/C=C2/NC(=O)N(CC(=O)Nc3ccccc3F)C2=O)cc1. The molecule has 1 heterocycles. The first-order chi connectivity index (χ1) is 14.9. The molecule has 1 saturated heterocycles. The molecule has 4 amide bonds. The van der Waals surface area contributed by atoms with Gasteiger partial charge in [-0.15, -0.1) is 0 Å². The van der Waals surface area contributed by atoms with Crippen molar-refractivity contribution in [2.45, 2.75) is 0 Å². The highest BCUT2D eigenvalue weighted by Gasteiger charge is 2.35. The number of para-hydroxylation sites is 1. The number of hydrogen-bond acceptors (Lipinski definition) is 6. The molecule has 2 aromatic rings. The van der Waals surface area contributed by atoms with Crippen LogP contribution in [0.3, 0.4) is 0 Å². The van der Waals surface area contributed by atoms with Crippen LogP contribution in [0.5, 0.6) is 5.75 Å². The highest BCUT2D eigenvalue weighted by atomic mass is 19.1. The van der Waals surface area contributed by atoms with Crippen molar-refractivity contribution in [3.05, 3.63) is 65.6 Å². The van der Waals surface area contributed by atoms with Crippen LogP contribution in [-0.4, -0.2) is 49.0 Å². The molecular formula is C21H18FN3O6. The maximum absolute atomic E-state index is 13.6.